The van der Waals surface area contributed by atoms with Crippen LogP contribution in [-0.2, 0) is 4.79 Å². The van der Waals surface area contributed by atoms with Crippen molar-refractivity contribution in [1.29, 1.82) is 5.26 Å². The molecule has 0 aliphatic heterocycles. The van der Waals surface area contributed by atoms with E-state index < -0.39 is 17.5 Å². The van der Waals surface area contributed by atoms with E-state index in [0.717, 1.165) is 0 Å². The van der Waals surface area contributed by atoms with Crippen LogP contribution in [0, 0.1) is 23.0 Å². The van der Waals surface area contributed by atoms with Gasteiger partial charge in [-0.1, -0.05) is 11.6 Å². The number of carbonyl (C=O) groups excluding carboxylic acids is 1. The van der Waals surface area contributed by atoms with E-state index in [1.807, 2.05) is 0 Å². The van der Waals surface area contributed by atoms with Crippen LogP contribution in [0.5, 0.6) is 11.5 Å². The number of halogens is 3. The fourth-order valence-electron chi connectivity index (χ4n) is 3.26. The maximum atomic E-state index is 13.5. The van der Waals surface area contributed by atoms with Crippen LogP contribution in [0.3, 0.4) is 0 Å². The molecule has 0 aliphatic rings. The molecule has 0 aliphatic carbocycles. The Kier molecular flexibility index (Phi) is 6.94. The van der Waals surface area contributed by atoms with Crippen molar-refractivity contribution in [2.75, 3.05) is 19.0 Å². The number of imidazole rings is 1. The molecule has 0 bridgehead atoms. The van der Waals surface area contributed by atoms with Gasteiger partial charge in [-0.05, 0) is 66.2 Å². The molecule has 0 atom stereocenters. The van der Waals surface area contributed by atoms with Crippen LogP contribution in [0.25, 0.3) is 22.7 Å². The summed E-state index contributed by atoms with van der Waals surface area (Å²) in [5, 5.41) is 12.4. The SMILES string of the molecule is COc1cc(/C=C(/C#N)c2nc3ccc(F)cc3[nH]2)cc(Cl)c1OCC(=O)Nc1ccc(F)cc1. The lowest BCUT2D eigenvalue weighted by Crippen LogP contribution is -2.20. The molecule has 10 heteroatoms. The topological polar surface area (TPSA) is 100 Å². The summed E-state index contributed by atoms with van der Waals surface area (Å²) < 4.78 is 37.4. The van der Waals surface area contributed by atoms with E-state index in [2.05, 4.69) is 21.4 Å². The van der Waals surface area contributed by atoms with E-state index in [1.165, 1.54) is 61.7 Å². The molecule has 0 fully saturated rings. The van der Waals surface area contributed by atoms with Gasteiger partial charge >= 0.3 is 0 Å². The highest BCUT2D eigenvalue weighted by Gasteiger charge is 2.15. The number of anilines is 1. The van der Waals surface area contributed by atoms with Gasteiger partial charge < -0.3 is 19.8 Å². The van der Waals surface area contributed by atoms with E-state index in [9.17, 15) is 18.8 Å². The van der Waals surface area contributed by atoms with Gasteiger partial charge in [0.1, 0.15) is 23.5 Å². The first-order valence-electron chi connectivity index (χ1n) is 10.2. The van der Waals surface area contributed by atoms with Gasteiger partial charge in [-0.3, -0.25) is 4.79 Å². The van der Waals surface area contributed by atoms with Crippen LogP contribution in [0.4, 0.5) is 14.5 Å². The minimum absolute atomic E-state index is 0.137. The van der Waals surface area contributed by atoms with Crippen LogP contribution in [-0.4, -0.2) is 29.6 Å². The van der Waals surface area contributed by atoms with Crippen molar-refractivity contribution in [1.82, 2.24) is 9.97 Å². The number of H-pyrrole nitrogens is 1. The summed E-state index contributed by atoms with van der Waals surface area (Å²) in [6.45, 7) is -0.373. The van der Waals surface area contributed by atoms with E-state index in [-0.39, 0.29) is 34.5 Å². The summed E-state index contributed by atoms with van der Waals surface area (Å²) in [5.74, 6) is -0.680. The van der Waals surface area contributed by atoms with E-state index in [1.54, 1.807) is 6.07 Å². The minimum atomic E-state index is -0.480. The summed E-state index contributed by atoms with van der Waals surface area (Å²) in [4.78, 5) is 19.4. The van der Waals surface area contributed by atoms with Gasteiger partial charge in [-0.25, -0.2) is 13.8 Å². The number of hydrogen-bond acceptors (Lipinski definition) is 5. The Hall–Kier alpha value is -4.42. The quantitative estimate of drug-likeness (QED) is 0.326. The van der Waals surface area contributed by atoms with Gasteiger partial charge in [0, 0.05) is 5.69 Å². The zero-order chi connectivity index (χ0) is 24.9. The second-order valence-electron chi connectivity index (χ2n) is 7.29. The maximum absolute atomic E-state index is 13.5. The fraction of sp³-hybridized carbons (Fsp3) is 0.0800. The molecule has 0 radical (unpaired) electrons. The van der Waals surface area contributed by atoms with Crippen LogP contribution >= 0.6 is 11.6 Å². The van der Waals surface area contributed by atoms with E-state index >= 15 is 0 Å². The monoisotopic (exact) mass is 494 g/mol. The molecule has 0 spiro atoms. The number of ether oxygens (including phenoxy) is 2. The van der Waals surface area contributed by atoms with Crippen LogP contribution < -0.4 is 14.8 Å². The summed E-state index contributed by atoms with van der Waals surface area (Å²) in [6, 6.07) is 14.6. The number of rotatable bonds is 7. The van der Waals surface area contributed by atoms with Crippen molar-refractivity contribution < 1.29 is 23.0 Å². The van der Waals surface area contributed by atoms with Crippen LogP contribution in [0.15, 0.2) is 54.6 Å². The summed E-state index contributed by atoms with van der Waals surface area (Å²) in [6.07, 6.45) is 1.54. The number of carbonyl (C=O) groups is 1. The Balaban J connectivity index is 1.54. The van der Waals surface area contributed by atoms with E-state index in [0.29, 0.717) is 22.3 Å². The normalized spacial score (nSPS) is 11.2. The molecule has 176 valence electrons. The molecule has 4 aromatic rings. The van der Waals surface area contributed by atoms with E-state index in [4.69, 9.17) is 21.1 Å². The number of aromatic nitrogens is 2. The van der Waals surface area contributed by atoms with Gasteiger partial charge in [-0.2, -0.15) is 5.26 Å². The predicted molar refractivity (Wildman–Crippen MR) is 128 cm³/mol. The summed E-state index contributed by atoms with van der Waals surface area (Å²) >= 11 is 6.37. The Morgan fingerprint density at radius 3 is 2.63 bits per heavy atom. The maximum Gasteiger partial charge on any atom is 0.262 e. The molecule has 7 nitrogen and oxygen atoms in total. The Labute approximate surface area is 203 Å². The Morgan fingerprint density at radius 2 is 1.91 bits per heavy atom. The van der Waals surface area contributed by atoms with Gasteiger partial charge in [0.25, 0.3) is 5.91 Å². The van der Waals surface area contributed by atoms with Crippen LogP contribution in [0.1, 0.15) is 11.4 Å². The second-order valence-corrected chi connectivity index (χ2v) is 7.70. The van der Waals surface area contributed by atoms with Gasteiger partial charge in [0.2, 0.25) is 0 Å². The third-order valence-corrected chi connectivity index (χ3v) is 5.14. The predicted octanol–water partition coefficient (Wildman–Crippen LogP) is 5.58. The van der Waals surface area contributed by atoms with Crippen molar-refractivity contribution in [3.63, 3.8) is 0 Å². The molecule has 0 saturated carbocycles. The molecular weight excluding hydrogens is 478 g/mol. The molecular formula is C25H17ClF2N4O3. The van der Waals surface area contributed by atoms with Crippen molar-refractivity contribution in [2.45, 2.75) is 0 Å². The summed E-state index contributed by atoms with van der Waals surface area (Å²) in [7, 11) is 1.41. The molecule has 1 amide bonds. The molecule has 3 aromatic carbocycles. The average molecular weight is 495 g/mol. The third kappa shape index (κ3) is 5.57. The van der Waals surface area contributed by atoms with Gasteiger partial charge in [0.05, 0.1) is 28.7 Å². The first-order chi connectivity index (χ1) is 16.9. The summed E-state index contributed by atoms with van der Waals surface area (Å²) in [5.41, 5.74) is 2.08. The number of nitrogens with one attached hydrogen (secondary N) is 2. The van der Waals surface area contributed by atoms with Gasteiger partial charge in [-0.15, -0.1) is 0 Å². The third-order valence-electron chi connectivity index (χ3n) is 4.86. The number of benzene rings is 3. The molecule has 0 saturated heterocycles. The molecule has 0 unspecified atom stereocenters. The highest BCUT2D eigenvalue weighted by atomic mass is 35.5. The Bertz CT molecular complexity index is 1480. The lowest BCUT2D eigenvalue weighted by atomic mass is 10.1. The number of nitrogens with zero attached hydrogens (tertiary/aromatic N) is 2. The van der Waals surface area contributed by atoms with Crippen LogP contribution in [0.2, 0.25) is 5.02 Å². The standard InChI is InChI=1S/C25H17ClF2N4O3/c1-34-22-10-14(8-15(12-29)25-31-20-7-4-17(28)11-21(20)32-25)9-19(26)24(22)35-13-23(33)30-18-5-2-16(27)3-6-18/h2-11H,13H2,1H3,(H,30,33)(H,31,32)/b15-8-. The number of methoxy groups -OCH3 is 1. The number of amides is 1. The molecule has 1 heterocycles. The smallest absolute Gasteiger partial charge is 0.262 e. The fourth-order valence-corrected chi connectivity index (χ4v) is 3.53. The Morgan fingerprint density at radius 1 is 1.17 bits per heavy atom. The second kappa shape index (κ2) is 10.2. The lowest BCUT2D eigenvalue weighted by molar-refractivity contribution is -0.118. The zero-order valence-corrected chi connectivity index (χ0v) is 19.0. The van der Waals surface area contributed by atoms with Crippen molar-refractivity contribution in [3.8, 4) is 17.6 Å². The molecule has 35 heavy (non-hydrogen) atoms. The van der Waals surface area contributed by atoms with Gasteiger partial charge in [0.15, 0.2) is 18.1 Å². The molecule has 1 aromatic heterocycles. The minimum Gasteiger partial charge on any atom is -0.493 e. The number of nitriles is 1. The number of aromatic amines is 1. The highest BCUT2D eigenvalue weighted by Crippen LogP contribution is 2.37. The first kappa shape index (κ1) is 23.7. The molecule has 2 N–H and O–H groups in total. The zero-order valence-electron chi connectivity index (χ0n) is 18.2. The average Bonchev–Trinajstić information content (AvgIpc) is 3.26. The van der Waals surface area contributed by atoms with Crippen molar-refractivity contribution in [2.24, 2.45) is 0 Å². The number of hydrogen-bond donors (Lipinski definition) is 2. The lowest BCUT2D eigenvalue weighted by Gasteiger charge is -2.13. The van der Waals surface area contributed by atoms with Crippen molar-refractivity contribution in [3.05, 3.63) is 82.6 Å². The number of fused-ring (bicyclic) bond motifs is 1. The largest absolute Gasteiger partial charge is 0.493 e. The number of allylic oxidation sites excluding steroid dienone is 1. The highest BCUT2D eigenvalue weighted by molar-refractivity contribution is 6.32. The first-order valence-corrected chi connectivity index (χ1v) is 10.6. The van der Waals surface area contributed by atoms with Crippen molar-refractivity contribution >= 4 is 45.9 Å². The molecule has 4 rings (SSSR count).